The number of rotatable bonds is 3. The van der Waals surface area contributed by atoms with Gasteiger partial charge >= 0.3 is 0 Å². The third-order valence-electron chi connectivity index (χ3n) is 4.16. The summed E-state index contributed by atoms with van der Waals surface area (Å²) in [6.07, 6.45) is 8.06. The average Bonchev–Trinajstić information content (AvgIpc) is 2.94. The van der Waals surface area contributed by atoms with E-state index >= 15 is 0 Å². The van der Waals surface area contributed by atoms with Crippen molar-refractivity contribution in [3.05, 3.63) is 47.5 Å². The molecule has 0 aliphatic heterocycles. The van der Waals surface area contributed by atoms with E-state index in [2.05, 4.69) is 15.4 Å². The first-order chi connectivity index (χ1) is 11.0. The Kier molecular flexibility index (Phi) is 4.36. The van der Waals surface area contributed by atoms with Gasteiger partial charge in [0.15, 0.2) is 11.5 Å². The van der Waals surface area contributed by atoms with Crippen LogP contribution >= 0.6 is 0 Å². The van der Waals surface area contributed by atoms with E-state index in [-0.39, 0.29) is 11.7 Å². The van der Waals surface area contributed by atoms with Crippen molar-refractivity contribution in [2.24, 2.45) is 0 Å². The fourth-order valence-electron chi connectivity index (χ4n) is 2.95. The number of halogens is 2. The first-order valence-electron chi connectivity index (χ1n) is 7.65. The molecular weight excluding hydrogens is 302 g/mol. The van der Waals surface area contributed by atoms with Crippen LogP contribution in [0.3, 0.4) is 0 Å². The van der Waals surface area contributed by atoms with Gasteiger partial charge in [0, 0.05) is 18.3 Å². The number of hydrogen-bond acceptors (Lipinski definition) is 3. The first kappa shape index (κ1) is 15.6. The van der Waals surface area contributed by atoms with Crippen LogP contribution in [0.4, 0.5) is 8.78 Å². The predicted octanol–water partition coefficient (Wildman–Crippen LogP) is 2.78. The van der Waals surface area contributed by atoms with Crippen LogP contribution in [0, 0.1) is 18.6 Å². The van der Waals surface area contributed by atoms with E-state index in [9.17, 15) is 13.6 Å². The topological polar surface area (TPSA) is 59.8 Å². The van der Waals surface area contributed by atoms with E-state index in [0.717, 1.165) is 37.4 Å². The Labute approximate surface area is 132 Å². The number of carbonyl (C=O) groups is 1. The van der Waals surface area contributed by atoms with Crippen LogP contribution < -0.4 is 5.32 Å². The first-order valence-corrected chi connectivity index (χ1v) is 7.65. The summed E-state index contributed by atoms with van der Waals surface area (Å²) in [5.74, 6) is -2.34. The lowest BCUT2D eigenvalue weighted by atomic mass is 9.91. The zero-order chi connectivity index (χ0) is 16.4. The number of pyridine rings is 1. The largest absolute Gasteiger partial charge is 0.348 e. The quantitative estimate of drug-likeness (QED) is 0.946. The minimum absolute atomic E-state index is 0.0262. The van der Waals surface area contributed by atoms with Gasteiger partial charge < -0.3 is 5.32 Å². The molecule has 0 spiro atoms. The molecule has 7 heteroatoms. The molecule has 0 aromatic carbocycles. The van der Waals surface area contributed by atoms with Crippen molar-refractivity contribution >= 4 is 5.91 Å². The molecule has 1 saturated carbocycles. The lowest BCUT2D eigenvalue weighted by Gasteiger charge is -2.29. The summed E-state index contributed by atoms with van der Waals surface area (Å²) in [6.45, 7) is 2.00. The van der Waals surface area contributed by atoms with Gasteiger partial charge in [-0.1, -0.05) is 0 Å². The number of aryl methyl sites for hydroxylation is 1. The van der Waals surface area contributed by atoms with Gasteiger partial charge in [-0.25, -0.2) is 13.8 Å². The van der Waals surface area contributed by atoms with E-state index < -0.39 is 17.5 Å². The molecule has 122 valence electrons. The lowest BCUT2D eigenvalue weighted by molar-refractivity contribution is 0.0912. The average molecular weight is 320 g/mol. The van der Waals surface area contributed by atoms with E-state index in [1.165, 1.54) is 0 Å². The Hall–Kier alpha value is -2.31. The lowest BCUT2D eigenvalue weighted by Crippen LogP contribution is -2.38. The van der Waals surface area contributed by atoms with Crippen molar-refractivity contribution in [1.29, 1.82) is 0 Å². The molecule has 1 aliphatic carbocycles. The molecule has 1 fully saturated rings. The molecule has 23 heavy (non-hydrogen) atoms. The van der Waals surface area contributed by atoms with Gasteiger partial charge in [0.1, 0.15) is 5.82 Å². The molecule has 5 nitrogen and oxygen atoms in total. The van der Waals surface area contributed by atoms with E-state index in [1.807, 2.05) is 24.0 Å². The van der Waals surface area contributed by atoms with Gasteiger partial charge in [-0.3, -0.25) is 9.48 Å². The Balaban J connectivity index is 1.57. The van der Waals surface area contributed by atoms with Crippen LogP contribution in [-0.2, 0) is 0 Å². The molecule has 0 saturated heterocycles. The highest BCUT2D eigenvalue weighted by Crippen LogP contribution is 2.28. The van der Waals surface area contributed by atoms with Crippen molar-refractivity contribution in [2.75, 3.05) is 0 Å². The number of hydrogen-bond donors (Lipinski definition) is 1. The van der Waals surface area contributed by atoms with Crippen molar-refractivity contribution in [3.63, 3.8) is 0 Å². The fraction of sp³-hybridized carbons (Fsp3) is 0.438. The Morgan fingerprint density at radius 2 is 2.00 bits per heavy atom. The fourth-order valence-corrected chi connectivity index (χ4v) is 2.95. The molecule has 1 aliphatic rings. The molecule has 0 atom stereocenters. The zero-order valence-corrected chi connectivity index (χ0v) is 12.8. The molecular formula is C16H18F2N4O. The second kappa shape index (κ2) is 6.44. The molecule has 0 radical (unpaired) electrons. The molecule has 2 aromatic rings. The normalized spacial score (nSPS) is 21.2. The van der Waals surface area contributed by atoms with Gasteiger partial charge in [-0.05, 0) is 38.2 Å². The minimum Gasteiger partial charge on any atom is -0.348 e. The molecule has 2 heterocycles. The van der Waals surface area contributed by atoms with Crippen LogP contribution in [0.1, 0.15) is 47.8 Å². The van der Waals surface area contributed by atoms with Crippen LogP contribution in [0.5, 0.6) is 0 Å². The Morgan fingerprint density at radius 3 is 2.61 bits per heavy atom. The molecule has 0 unspecified atom stereocenters. The second-order valence-electron chi connectivity index (χ2n) is 5.96. The summed E-state index contributed by atoms with van der Waals surface area (Å²) >= 11 is 0. The predicted molar refractivity (Wildman–Crippen MR) is 79.9 cm³/mol. The summed E-state index contributed by atoms with van der Waals surface area (Å²) < 4.78 is 28.4. The molecule has 3 rings (SSSR count). The van der Waals surface area contributed by atoms with Crippen LogP contribution in [0.25, 0.3) is 0 Å². The van der Waals surface area contributed by atoms with E-state index in [1.54, 1.807) is 0 Å². The van der Waals surface area contributed by atoms with Crippen molar-refractivity contribution in [2.45, 2.75) is 44.7 Å². The van der Waals surface area contributed by atoms with Gasteiger partial charge in [-0.15, -0.1) is 0 Å². The van der Waals surface area contributed by atoms with Gasteiger partial charge in [-0.2, -0.15) is 5.10 Å². The maximum Gasteiger partial charge on any atom is 0.273 e. The summed E-state index contributed by atoms with van der Waals surface area (Å²) in [5, 5.41) is 7.11. The van der Waals surface area contributed by atoms with Crippen molar-refractivity contribution in [3.8, 4) is 0 Å². The summed E-state index contributed by atoms with van der Waals surface area (Å²) in [7, 11) is 0. The standard InChI is InChI=1S/C16H18F2N4O/c1-10-7-20-22(9-10)13-4-2-12(3-5-13)21-16(23)15-14(18)6-11(17)8-19-15/h6-9,12-13H,2-5H2,1H3,(H,21,23). The van der Waals surface area contributed by atoms with Crippen LogP contribution in [0.2, 0.25) is 0 Å². The number of amides is 1. The number of nitrogens with one attached hydrogen (secondary N) is 1. The molecule has 2 aromatic heterocycles. The molecule has 1 amide bonds. The summed E-state index contributed by atoms with van der Waals surface area (Å²) in [5.41, 5.74) is 0.759. The Morgan fingerprint density at radius 1 is 1.26 bits per heavy atom. The number of aromatic nitrogens is 3. The van der Waals surface area contributed by atoms with E-state index in [4.69, 9.17) is 0 Å². The maximum atomic E-state index is 13.6. The monoisotopic (exact) mass is 320 g/mol. The molecule has 1 N–H and O–H groups in total. The summed E-state index contributed by atoms with van der Waals surface area (Å²) in [6, 6.07) is 0.970. The van der Waals surface area contributed by atoms with Crippen molar-refractivity contribution in [1.82, 2.24) is 20.1 Å². The second-order valence-corrected chi connectivity index (χ2v) is 5.96. The maximum absolute atomic E-state index is 13.6. The van der Waals surface area contributed by atoms with Gasteiger partial charge in [0.25, 0.3) is 5.91 Å². The van der Waals surface area contributed by atoms with Crippen LogP contribution in [-0.4, -0.2) is 26.7 Å². The summed E-state index contributed by atoms with van der Waals surface area (Å²) in [4.78, 5) is 15.6. The van der Waals surface area contributed by atoms with Crippen molar-refractivity contribution < 1.29 is 13.6 Å². The minimum atomic E-state index is -0.941. The smallest absolute Gasteiger partial charge is 0.273 e. The van der Waals surface area contributed by atoms with Gasteiger partial charge in [0.05, 0.1) is 18.4 Å². The highest BCUT2D eigenvalue weighted by Gasteiger charge is 2.25. The number of carbonyl (C=O) groups excluding carboxylic acids is 1. The highest BCUT2D eigenvalue weighted by atomic mass is 19.1. The van der Waals surface area contributed by atoms with E-state index in [0.29, 0.717) is 12.1 Å². The number of nitrogens with zero attached hydrogens (tertiary/aromatic N) is 3. The van der Waals surface area contributed by atoms with Crippen LogP contribution in [0.15, 0.2) is 24.7 Å². The zero-order valence-electron chi connectivity index (χ0n) is 12.8. The SMILES string of the molecule is Cc1cnn(C2CCC(NC(=O)c3ncc(F)cc3F)CC2)c1. The highest BCUT2D eigenvalue weighted by molar-refractivity contribution is 5.92. The molecule has 0 bridgehead atoms. The third kappa shape index (κ3) is 3.55. The van der Waals surface area contributed by atoms with Gasteiger partial charge in [0.2, 0.25) is 0 Å². The Bertz CT molecular complexity index is 708. The third-order valence-corrected chi connectivity index (χ3v) is 4.16.